The highest BCUT2D eigenvalue weighted by molar-refractivity contribution is 7.13. The first kappa shape index (κ1) is 16.3. The van der Waals surface area contributed by atoms with Gasteiger partial charge in [0.2, 0.25) is 5.82 Å². The molecule has 0 bridgehead atoms. The zero-order valence-corrected chi connectivity index (χ0v) is 15.7. The maximum absolute atomic E-state index is 12.9. The van der Waals surface area contributed by atoms with E-state index in [1.165, 1.54) is 11.3 Å². The summed E-state index contributed by atoms with van der Waals surface area (Å²) in [7, 11) is 0. The molecule has 0 N–H and O–H groups in total. The summed E-state index contributed by atoms with van der Waals surface area (Å²) in [4.78, 5) is 22.6. The highest BCUT2D eigenvalue weighted by Crippen LogP contribution is 2.26. The third kappa shape index (κ3) is 3.21. The average molecular weight is 374 g/mol. The first-order valence-electron chi connectivity index (χ1n) is 8.18. The van der Waals surface area contributed by atoms with Crippen LogP contribution in [0.25, 0.3) is 10.7 Å². The van der Waals surface area contributed by atoms with Crippen LogP contribution in [0.4, 0.5) is 0 Å². The molecule has 1 aliphatic heterocycles. The number of likely N-dealkylation sites (tertiary alicyclic amines) is 1. The number of amides is 1. The van der Waals surface area contributed by atoms with Gasteiger partial charge in [-0.3, -0.25) is 4.79 Å². The van der Waals surface area contributed by atoms with Crippen molar-refractivity contribution in [3.63, 3.8) is 0 Å². The normalized spacial score (nSPS) is 17.4. The molecule has 0 saturated carbocycles. The first-order valence-corrected chi connectivity index (χ1v) is 9.88. The second-order valence-electron chi connectivity index (χ2n) is 6.09. The molecule has 4 heterocycles. The van der Waals surface area contributed by atoms with Gasteiger partial charge in [0.1, 0.15) is 4.88 Å². The number of thiophene rings is 1. The molecule has 130 valence electrons. The summed E-state index contributed by atoms with van der Waals surface area (Å²) in [5.74, 6) is 0.712. The number of thiazole rings is 1. The molecular formula is C16H18N6OS2. The molecule has 4 rings (SSSR count). The van der Waals surface area contributed by atoms with Crippen LogP contribution in [-0.4, -0.2) is 48.6 Å². The summed E-state index contributed by atoms with van der Waals surface area (Å²) in [5, 5.41) is 15.7. The molecular weight excluding hydrogens is 356 g/mol. The monoisotopic (exact) mass is 374 g/mol. The van der Waals surface area contributed by atoms with Crippen LogP contribution in [0.5, 0.6) is 0 Å². The van der Waals surface area contributed by atoms with Gasteiger partial charge in [-0.2, -0.15) is 4.80 Å². The van der Waals surface area contributed by atoms with Gasteiger partial charge in [-0.1, -0.05) is 6.07 Å². The molecule has 3 aromatic heterocycles. The Kier molecular flexibility index (Phi) is 4.34. The van der Waals surface area contributed by atoms with Gasteiger partial charge in [-0.05, 0) is 43.3 Å². The number of tetrazole rings is 1. The molecule has 0 aromatic carbocycles. The molecule has 1 saturated heterocycles. The van der Waals surface area contributed by atoms with Crippen molar-refractivity contribution in [2.75, 3.05) is 6.54 Å². The van der Waals surface area contributed by atoms with Crippen LogP contribution in [0.3, 0.4) is 0 Å². The topological polar surface area (TPSA) is 76.8 Å². The second kappa shape index (κ2) is 6.64. The Hall–Kier alpha value is -2.13. The average Bonchev–Trinajstić information content (AvgIpc) is 3.33. The Balaban J connectivity index is 1.50. The van der Waals surface area contributed by atoms with Crippen LogP contribution >= 0.6 is 22.7 Å². The van der Waals surface area contributed by atoms with E-state index in [-0.39, 0.29) is 11.9 Å². The molecule has 1 aliphatic rings. The number of carbonyl (C=O) groups excluding carboxylic acids is 1. The number of hydrogen-bond acceptors (Lipinski definition) is 7. The van der Waals surface area contributed by atoms with Gasteiger partial charge < -0.3 is 4.90 Å². The summed E-state index contributed by atoms with van der Waals surface area (Å²) < 4.78 is 0. The van der Waals surface area contributed by atoms with Gasteiger partial charge >= 0.3 is 0 Å². The van der Waals surface area contributed by atoms with Crippen LogP contribution in [0.15, 0.2) is 17.5 Å². The van der Waals surface area contributed by atoms with Crippen LogP contribution in [0.1, 0.15) is 33.2 Å². The highest BCUT2D eigenvalue weighted by atomic mass is 32.1. The summed E-state index contributed by atoms with van der Waals surface area (Å²) in [6.45, 7) is 5.17. The summed E-state index contributed by atoms with van der Waals surface area (Å²) >= 11 is 3.06. The summed E-state index contributed by atoms with van der Waals surface area (Å²) in [5.41, 5.74) is 0.817. The van der Waals surface area contributed by atoms with Crippen molar-refractivity contribution in [3.8, 4) is 10.7 Å². The Morgan fingerprint density at radius 1 is 1.40 bits per heavy atom. The minimum Gasteiger partial charge on any atom is -0.333 e. The number of carbonyl (C=O) groups is 1. The fraction of sp³-hybridized carbons (Fsp3) is 0.438. The molecule has 7 nitrogen and oxygen atoms in total. The van der Waals surface area contributed by atoms with Crippen molar-refractivity contribution in [2.24, 2.45) is 0 Å². The lowest BCUT2D eigenvalue weighted by atomic mass is 10.2. The molecule has 0 aliphatic carbocycles. The van der Waals surface area contributed by atoms with Gasteiger partial charge in [0, 0.05) is 6.54 Å². The van der Waals surface area contributed by atoms with E-state index in [1.54, 1.807) is 16.1 Å². The molecule has 3 aromatic rings. The van der Waals surface area contributed by atoms with Gasteiger partial charge in [0.15, 0.2) is 0 Å². The molecule has 9 heteroatoms. The van der Waals surface area contributed by atoms with E-state index in [2.05, 4.69) is 20.4 Å². The van der Waals surface area contributed by atoms with Crippen molar-refractivity contribution >= 4 is 28.6 Å². The fourth-order valence-electron chi connectivity index (χ4n) is 3.17. The SMILES string of the molecule is Cc1nc(C)c(C(=O)N2CCC[C@H]2Cn2nnc(-c3cccs3)n2)s1. The molecule has 0 unspecified atom stereocenters. The lowest BCUT2D eigenvalue weighted by molar-refractivity contribution is 0.0722. The van der Waals surface area contributed by atoms with Crippen LogP contribution in [0.2, 0.25) is 0 Å². The van der Waals surface area contributed by atoms with Gasteiger partial charge in [-0.15, -0.1) is 32.9 Å². The van der Waals surface area contributed by atoms with E-state index < -0.39 is 0 Å². The van der Waals surface area contributed by atoms with Crippen molar-refractivity contribution in [1.82, 2.24) is 30.1 Å². The Bertz CT molecular complexity index is 884. The van der Waals surface area contributed by atoms with E-state index in [0.29, 0.717) is 12.4 Å². The molecule has 0 radical (unpaired) electrons. The van der Waals surface area contributed by atoms with E-state index in [0.717, 1.165) is 39.8 Å². The van der Waals surface area contributed by atoms with Crippen molar-refractivity contribution in [2.45, 2.75) is 39.3 Å². The number of hydrogen-bond donors (Lipinski definition) is 0. The van der Waals surface area contributed by atoms with Gasteiger partial charge in [0.25, 0.3) is 5.91 Å². The third-order valence-electron chi connectivity index (χ3n) is 4.30. The third-order valence-corrected chi connectivity index (χ3v) is 6.23. The highest BCUT2D eigenvalue weighted by Gasteiger charge is 2.32. The number of aryl methyl sites for hydroxylation is 2. The number of nitrogens with zero attached hydrogens (tertiary/aromatic N) is 6. The lowest BCUT2D eigenvalue weighted by Crippen LogP contribution is -2.38. The predicted molar refractivity (Wildman–Crippen MR) is 96.8 cm³/mol. The molecule has 1 amide bonds. The Morgan fingerprint density at radius 3 is 3.00 bits per heavy atom. The van der Waals surface area contributed by atoms with Gasteiger partial charge in [-0.25, -0.2) is 4.98 Å². The van der Waals surface area contributed by atoms with E-state index in [9.17, 15) is 4.79 Å². The minimum atomic E-state index is 0.0733. The zero-order chi connectivity index (χ0) is 17.4. The van der Waals surface area contributed by atoms with Crippen LogP contribution < -0.4 is 0 Å². The molecule has 0 spiro atoms. The van der Waals surface area contributed by atoms with Crippen molar-refractivity contribution in [1.29, 1.82) is 0 Å². The maximum Gasteiger partial charge on any atom is 0.266 e. The minimum absolute atomic E-state index is 0.0733. The molecule has 1 fully saturated rings. The number of rotatable bonds is 4. The van der Waals surface area contributed by atoms with E-state index in [1.807, 2.05) is 36.3 Å². The summed E-state index contributed by atoms with van der Waals surface area (Å²) in [6.07, 6.45) is 1.96. The molecule has 25 heavy (non-hydrogen) atoms. The predicted octanol–water partition coefficient (Wildman–Crippen LogP) is 2.78. The van der Waals surface area contributed by atoms with E-state index in [4.69, 9.17) is 0 Å². The standard InChI is InChI=1S/C16H18N6OS2/c1-10-14(25-11(2)17-10)16(23)21-7-3-5-12(21)9-22-19-15(18-20-22)13-6-4-8-24-13/h4,6,8,12H,3,5,7,9H2,1-2H3/t12-/m0/s1. The van der Waals surface area contributed by atoms with E-state index >= 15 is 0 Å². The smallest absolute Gasteiger partial charge is 0.266 e. The van der Waals surface area contributed by atoms with Crippen LogP contribution in [0, 0.1) is 13.8 Å². The summed E-state index contributed by atoms with van der Waals surface area (Å²) in [6, 6.07) is 4.05. The zero-order valence-electron chi connectivity index (χ0n) is 14.0. The Morgan fingerprint density at radius 2 is 2.28 bits per heavy atom. The fourth-order valence-corrected chi connectivity index (χ4v) is 4.69. The quantitative estimate of drug-likeness (QED) is 0.702. The second-order valence-corrected chi connectivity index (χ2v) is 8.24. The number of aromatic nitrogens is 5. The maximum atomic E-state index is 12.9. The van der Waals surface area contributed by atoms with Crippen LogP contribution in [-0.2, 0) is 6.54 Å². The van der Waals surface area contributed by atoms with Crippen molar-refractivity contribution < 1.29 is 4.79 Å². The lowest BCUT2D eigenvalue weighted by Gasteiger charge is -2.23. The largest absolute Gasteiger partial charge is 0.333 e. The van der Waals surface area contributed by atoms with Gasteiger partial charge in [0.05, 0.1) is 28.2 Å². The molecule has 1 atom stereocenters. The first-order chi connectivity index (χ1) is 12.1. The Labute approximate surface area is 153 Å². The van der Waals surface area contributed by atoms with Crippen molar-refractivity contribution in [3.05, 3.63) is 33.1 Å².